The summed E-state index contributed by atoms with van der Waals surface area (Å²) in [6, 6.07) is 4.79. The van der Waals surface area contributed by atoms with Gasteiger partial charge in [0.1, 0.15) is 11.6 Å². The van der Waals surface area contributed by atoms with Crippen molar-refractivity contribution in [1.82, 2.24) is 20.1 Å². The molecule has 0 saturated heterocycles. The van der Waals surface area contributed by atoms with E-state index in [2.05, 4.69) is 59.9 Å². The summed E-state index contributed by atoms with van der Waals surface area (Å²) in [6.45, 7) is 10.6. The highest BCUT2D eigenvalue weighted by atomic mass is 15.3. The predicted molar refractivity (Wildman–Crippen MR) is 84.3 cm³/mol. The molecule has 0 spiro atoms. The second-order valence-electron chi connectivity index (χ2n) is 6.20. The molecule has 1 aromatic heterocycles. The van der Waals surface area contributed by atoms with Crippen LogP contribution >= 0.6 is 0 Å². The van der Waals surface area contributed by atoms with Gasteiger partial charge in [0.25, 0.3) is 0 Å². The maximum absolute atomic E-state index is 4.35. The third-order valence-corrected chi connectivity index (χ3v) is 4.58. The van der Waals surface area contributed by atoms with E-state index in [4.69, 9.17) is 0 Å². The Morgan fingerprint density at radius 1 is 1.14 bits per heavy atom. The second-order valence-corrected chi connectivity index (χ2v) is 6.20. The number of hydrogen-bond acceptors (Lipinski definition) is 3. The van der Waals surface area contributed by atoms with Crippen LogP contribution in [0.2, 0.25) is 0 Å². The van der Waals surface area contributed by atoms with Crippen LogP contribution in [-0.4, -0.2) is 14.8 Å². The van der Waals surface area contributed by atoms with Crippen molar-refractivity contribution in [3.63, 3.8) is 0 Å². The van der Waals surface area contributed by atoms with Crippen molar-refractivity contribution >= 4 is 0 Å². The minimum absolute atomic E-state index is 0.227. The van der Waals surface area contributed by atoms with Crippen LogP contribution in [0.5, 0.6) is 0 Å². The van der Waals surface area contributed by atoms with Gasteiger partial charge < -0.3 is 9.88 Å². The molecule has 1 N–H and O–H groups in total. The number of benzene rings is 1. The SMILES string of the molecule is Cc1cc(C)c(CNC(C)c2nnc3n2CCC3)cc1C. The zero-order chi connectivity index (χ0) is 15.0. The monoisotopic (exact) mass is 284 g/mol. The molecular formula is C17H24N4. The number of nitrogens with one attached hydrogen (secondary N) is 1. The average molecular weight is 284 g/mol. The Labute approximate surface area is 126 Å². The van der Waals surface area contributed by atoms with Crippen molar-refractivity contribution in [3.05, 3.63) is 46.0 Å². The van der Waals surface area contributed by atoms with Crippen molar-refractivity contribution in [1.29, 1.82) is 0 Å². The van der Waals surface area contributed by atoms with Crippen molar-refractivity contribution in [2.24, 2.45) is 0 Å². The van der Waals surface area contributed by atoms with Gasteiger partial charge in [-0.2, -0.15) is 0 Å². The van der Waals surface area contributed by atoms with E-state index in [1.54, 1.807) is 0 Å². The summed E-state index contributed by atoms with van der Waals surface area (Å²) >= 11 is 0. The van der Waals surface area contributed by atoms with Crippen LogP contribution in [0.25, 0.3) is 0 Å². The molecule has 0 aliphatic carbocycles. The molecule has 1 unspecified atom stereocenters. The highest BCUT2D eigenvalue weighted by molar-refractivity contribution is 5.36. The lowest BCUT2D eigenvalue weighted by Gasteiger charge is -2.16. The summed E-state index contributed by atoms with van der Waals surface area (Å²) < 4.78 is 2.27. The molecule has 0 amide bonds. The van der Waals surface area contributed by atoms with Gasteiger partial charge in [-0.15, -0.1) is 10.2 Å². The van der Waals surface area contributed by atoms with E-state index in [0.29, 0.717) is 0 Å². The van der Waals surface area contributed by atoms with Crippen LogP contribution in [0.15, 0.2) is 12.1 Å². The topological polar surface area (TPSA) is 42.7 Å². The van der Waals surface area contributed by atoms with Crippen LogP contribution < -0.4 is 5.32 Å². The minimum atomic E-state index is 0.227. The Kier molecular flexibility index (Phi) is 3.81. The van der Waals surface area contributed by atoms with E-state index >= 15 is 0 Å². The maximum atomic E-state index is 4.35. The molecule has 21 heavy (non-hydrogen) atoms. The summed E-state index contributed by atoms with van der Waals surface area (Å²) in [5, 5.41) is 12.2. The lowest BCUT2D eigenvalue weighted by atomic mass is 10.0. The first-order valence-corrected chi connectivity index (χ1v) is 7.78. The number of nitrogens with zero attached hydrogens (tertiary/aromatic N) is 3. The molecule has 2 heterocycles. The Hall–Kier alpha value is -1.68. The highest BCUT2D eigenvalue weighted by Crippen LogP contribution is 2.20. The molecular weight excluding hydrogens is 260 g/mol. The first-order chi connectivity index (χ1) is 10.1. The van der Waals surface area contributed by atoms with Gasteiger partial charge in [0.15, 0.2) is 0 Å². The van der Waals surface area contributed by atoms with Gasteiger partial charge in [0.2, 0.25) is 0 Å². The summed E-state index contributed by atoms with van der Waals surface area (Å²) in [6.07, 6.45) is 2.26. The molecule has 0 fully saturated rings. The third-order valence-electron chi connectivity index (χ3n) is 4.58. The fourth-order valence-electron chi connectivity index (χ4n) is 3.06. The van der Waals surface area contributed by atoms with Crippen molar-refractivity contribution in [2.45, 2.75) is 59.7 Å². The Bertz CT molecular complexity index is 657. The van der Waals surface area contributed by atoms with E-state index in [-0.39, 0.29) is 6.04 Å². The largest absolute Gasteiger partial charge is 0.314 e. The Morgan fingerprint density at radius 2 is 1.90 bits per heavy atom. The van der Waals surface area contributed by atoms with Gasteiger partial charge in [0, 0.05) is 19.5 Å². The molecule has 0 radical (unpaired) electrons. The van der Waals surface area contributed by atoms with Gasteiger partial charge in [-0.05, 0) is 56.4 Å². The van der Waals surface area contributed by atoms with Gasteiger partial charge in [-0.1, -0.05) is 12.1 Å². The molecule has 1 atom stereocenters. The van der Waals surface area contributed by atoms with E-state index in [1.165, 1.54) is 28.7 Å². The van der Waals surface area contributed by atoms with E-state index in [9.17, 15) is 0 Å². The van der Waals surface area contributed by atoms with E-state index in [1.807, 2.05) is 0 Å². The molecule has 0 bridgehead atoms. The Balaban J connectivity index is 1.71. The van der Waals surface area contributed by atoms with Crippen LogP contribution in [0.3, 0.4) is 0 Å². The predicted octanol–water partition coefficient (Wildman–Crippen LogP) is 3.00. The van der Waals surface area contributed by atoms with Crippen LogP contribution in [-0.2, 0) is 19.5 Å². The van der Waals surface area contributed by atoms with Gasteiger partial charge in [0.05, 0.1) is 6.04 Å². The molecule has 3 rings (SSSR count). The molecule has 1 aliphatic rings. The molecule has 0 saturated carbocycles. The quantitative estimate of drug-likeness (QED) is 0.938. The lowest BCUT2D eigenvalue weighted by Crippen LogP contribution is -2.22. The average Bonchev–Trinajstić information content (AvgIpc) is 3.03. The van der Waals surface area contributed by atoms with Gasteiger partial charge in [-0.3, -0.25) is 0 Å². The molecule has 4 heteroatoms. The minimum Gasteiger partial charge on any atom is -0.314 e. The number of rotatable bonds is 4. The van der Waals surface area contributed by atoms with Crippen LogP contribution in [0, 0.1) is 20.8 Å². The maximum Gasteiger partial charge on any atom is 0.149 e. The molecule has 4 nitrogen and oxygen atoms in total. The Morgan fingerprint density at radius 3 is 2.71 bits per heavy atom. The fraction of sp³-hybridized carbons (Fsp3) is 0.529. The summed E-state index contributed by atoms with van der Waals surface area (Å²) in [4.78, 5) is 0. The number of fused-ring (bicyclic) bond motifs is 1. The first kappa shape index (κ1) is 14.3. The zero-order valence-electron chi connectivity index (χ0n) is 13.4. The van der Waals surface area contributed by atoms with Crippen molar-refractivity contribution in [2.75, 3.05) is 0 Å². The van der Waals surface area contributed by atoms with Gasteiger partial charge >= 0.3 is 0 Å². The first-order valence-electron chi connectivity index (χ1n) is 7.78. The smallest absolute Gasteiger partial charge is 0.149 e. The zero-order valence-corrected chi connectivity index (χ0v) is 13.4. The van der Waals surface area contributed by atoms with Crippen molar-refractivity contribution < 1.29 is 0 Å². The standard InChI is InChI=1S/C17H24N4/c1-11-8-13(3)15(9-12(11)2)10-18-14(4)17-20-19-16-6-5-7-21(16)17/h8-9,14,18H,5-7,10H2,1-4H3. The van der Waals surface area contributed by atoms with Crippen LogP contribution in [0.4, 0.5) is 0 Å². The summed E-state index contributed by atoms with van der Waals surface area (Å²) in [7, 11) is 0. The second kappa shape index (κ2) is 5.60. The highest BCUT2D eigenvalue weighted by Gasteiger charge is 2.21. The number of aryl methyl sites for hydroxylation is 4. The fourth-order valence-corrected chi connectivity index (χ4v) is 3.06. The summed E-state index contributed by atoms with van der Waals surface area (Å²) in [5.41, 5.74) is 5.43. The molecule has 112 valence electrons. The van der Waals surface area contributed by atoms with E-state index < -0.39 is 0 Å². The van der Waals surface area contributed by atoms with Crippen molar-refractivity contribution in [3.8, 4) is 0 Å². The van der Waals surface area contributed by atoms with E-state index in [0.717, 1.165) is 31.2 Å². The van der Waals surface area contributed by atoms with Crippen LogP contribution in [0.1, 0.15) is 53.3 Å². The number of aromatic nitrogens is 3. The third kappa shape index (κ3) is 2.72. The molecule has 1 aromatic carbocycles. The molecule has 2 aromatic rings. The number of hydrogen-bond donors (Lipinski definition) is 1. The molecule has 1 aliphatic heterocycles. The lowest BCUT2D eigenvalue weighted by molar-refractivity contribution is 0.515. The van der Waals surface area contributed by atoms with Gasteiger partial charge in [-0.25, -0.2) is 0 Å². The summed E-state index contributed by atoms with van der Waals surface area (Å²) in [5.74, 6) is 2.21. The normalized spacial score (nSPS) is 15.2.